The smallest absolute Gasteiger partial charge is 0.337 e. The number of benzene rings is 1. The van der Waals surface area contributed by atoms with Crippen molar-refractivity contribution in [2.75, 3.05) is 14.2 Å². The number of hydrogen-bond donors (Lipinski definition) is 1. The van der Waals surface area contributed by atoms with Crippen molar-refractivity contribution in [1.82, 2.24) is 0 Å². The first-order valence-corrected chi connectivity index (χ1v) is 4.87. The first kappa shape index (κ1) is 13.3. The maximum Gasteiger partial charge on any atom is 0.337 e. The molecule has 0 heterocycles. The minimum Gasteiger partial charge on any atom is -0.465 e. The van der Waals surface area contributed by atoms with Crippen molar-refractivity contribution in [3.63, 3.8) is 0 Å². The van der Waals surface area contributed by atoms with Gasteiger partial charge in [-0.1, -0.05) is 6.07 Å². The second kappa shape index (κ2) is 6.07. The molecule has 0 fully saturated rings. The van der Waals surface area contributed by atoms with Gasteiger partial charge < -0.3 is 14.6 Å². The summed E-state index contributed by atoms with van der Waals surface area (Å²) in [6.07, 6.45) is -0.890. The highest BCUT2D eigenvalue weighted by atomic mass is 16.6. The monoisotopic (exact) mass is 239 g/mol. The van der Waals surface area contributed by atoms with Crippen LogP contribution >= 0.6 is 0 Å². The first-order valence-electron chi connectivity index (χ1n) is 4.87. The third-order valence-corrected chi connectivity index (χ3v) is 2.27. The Hall–Kier alpha value is -1.79. The molecule has 0 aliphatic rings. The molecule has 0 amide bonds. The van der Waals surface area contributed by atoms with E-state index in [1.54, 1.807) is 0 Å². The molecule has 0 aromatic heterocycles. The number of rotatable bonds is 5. The lowest BCUT2D eigenvalue weighted by Gasteiger charge is -2.10. The van der Waals surface area contributed by atoms with Crippen LogP contribution in [0.3, 0.4) is 0 Å². The number of esters is 1. The lowest BCUT2D eigenvalue weighted by atomic mass is 10.1. The van der Waals surface area contributed by atoms with Crippen LogP contribution in [0, 0.1) is 4.91 Å². The van der Waals surface area contributed by atoms with Gasteiger partial charge in [-0.2, -0.15) is 0 Å². The van der Waals surface area contributed by atoms with Crippen LogP contribution in [0.4, 0.5) is 5.69 Å². The molecule has 1 aromatic rings. The van der Waals surface area contributed by atoms with Crippen LogP contribution in [0.1, 0.15) is 15.9 Å². The van der Waals surface area contributed by atoms with E-state index in [-0.39, 0.29) is 17.7 Å². The molecule has 0 aliphatic heterocycles. The topological polar surface area (TPSA) is 85.2 Å². The molecule has 0 spiro atoms. The Kier molecular flexibility index (Phi) is 4.74. The van der Waals surface area contributed by atoms with Crippen molar-refractivity contribution in [2.45, 2.75) is 12.7 Å². The number of hydrogen-bond acceptors (Lipinski definition) is 6. The van der Waals surface area contributed by atoms with Crippen LogP contribution in [-0.2, 0) is 15.9 Å². The molecular formula is C11H13NO5. The highest BCUT2D eigenvalue weighted by Crippen LogP contribution is 2.22. The molecule has 17 heavy (non-hydrogen) atoms. The van der Waals surface area contributed by atoms with Gasteiger partial charge in [0.2, 0.25) is 0 Å². The molecule has 0 aliphatic carbocycles. The van der Waals surface area contributed by atoms with Gasteiger partial charge in [0.1, 0.15) is 5.69 Å². The molecule has 0 bridgehead atoms. The Balaban J connectivity index is 3.01. The number of aliphatic hydroxyl groups excluding tert-OH is 1. The predicted octanol–water partition coefficient (Wildman–Crippen LogP) is 1.38. The van der Waals surface area contributed by atoms with E-state index in [1.165, 1.54) is 32.4 Å². The molecule has 1 aromatic carbocycles. The predicted molar refractivity (Wildman–Crippen MR) is 60.0 cm³/mol. The average molecular weight is 239 g/mol. The van der Waals surface area contributed by atoms with Crippen molar-refractivity contribution in [3.05, 3.63) is 34.2 Å². The molecule has 6 nitrogen and oxygen atoms in total. The maximum atomic E-state index is 11.2. The van der Waals surface area contributed by atoms with E-state index in [4.69, 9.17) is 0 Å². The van der Waals surface area contributed by atoms with E-state index in [1.807, 2.05) is 0 Å². The number of ether oxygens (including phenoxy) is 2. The molecule has 0 saturated heterocycles. The molecule has 1 N–H and O–H groups in total. The Morgan fingerprint density at radius 1 is 1.47 bits per heavy atom. The first-order chi connectivity index (χ1) is 8.12. The van der Waals surface area contributed by atoms with Gasteiger partial charge in [-0.05, 0) is 22.9 Å². The molecule has 0 radical (unpaired) electrons. The Morgan fingerprint density at radius 2 is 2.18 bits per heavy atom. The number of methoxy groups -OCH3 is 2. The summed E-state index contributed by atoms with van der Waals surface area (Å²) in [4.78, 5) is 21.9. The zero-order valence-electron chi connectivity index (χ0n) is 9.54. The summed E-state index contributed by atoms with van der Waals surface area (Å²) in [6, 6.07) is 4.35. The molecule has 92 valence electrons. The van der Waals surface area contributed by atoms with E-state index in [2.05, 4.69) is 14.7 Å². The minimum absolute atomic E-state index is 0.0870. The van der Waals surface area contributed by atoms with Crippen LogP contribution in [0.15, 0.2) is 23.4 Å². The van der Waals surface area contributed by atoms with Crippen molar-refractivity contribution in [2.24, 2.45) is 5.18 Å². The van der Waals surface area contributed by atoms with E-state index in [9.17, 15) is 14.8 Å². The summed E-state index contributed by atoms with van der Waals surface area (Å²) in [5.41, 5.74) is 0.823. The largest absolute Gasteiger partial charge is 0.465 e. The Morgan fingerprint density at radius 3 is 2.71 bits per heavy atom. The lowest BCUT2D eigenvalue weighted by Crippen LogP contribution is -2.12. The van der Waals surface area contributed by atoms with Crippen molar-refractivity contribution in [1.29, 1.82) is 0 Å². The second-order valence-corrected chi connectivity index (χ2v) is 3.32. The highest BCUT2D eigenvalue weighted by Gasteiger charge is 2.13. The van der Waals surface area contributed by atoms with Gasteiger partial charge in [0.05, 0.1) is 12.7 Å². The second-order valence-electron chi connectivity index (χ2n) is 3.32. The quantitative estimate of drug-likeness (QED) is 0.476. The van der Waals surface area contributed by atoms with Gasteiger partial charge in [-0.15, -0.1) is 4.91 Å². The van der Waals surface area contributed by atoms with Crippen LogP contribution < -0.4 is 0 Å². The van der Waals surface area contributed by atoms with Crippen LogP contribution in [0.25, 0.3) is 0 Å². The van der Waals surface area contributed by atoms with E-state index in [0.717, 1.165) is 0 Å². The summed E-state index contributed by atoms with van der Waals surface area (Å²) >= 11 is 0. The van der Waals surface area contributed by atoms with Crippen LogP contribution in [0.5, 0.6) is 0 Å². The molecule has 1 unspecified atom stereocenters. The number of carbonyl (C=O) groups excluding carboxylic acids is 1. The molecule has 1 rings (SSSR count). The third kappa shape index (κ3) is 3.33. The SMILES string of the molecule is COC(=O)c1ccc(CC(O)OC)c(N=O)c1. The van der Waals surface area contributed by atoms with Gasteiger partial charge >= 0.3 is 5.97 Å². The minimum atomic E-state index is -1.01. The summed E-state index contributed by atoms with van der Waals surface area (Å²) < 4.78 is 9.19. The lowest BCUT2D eigenvalue weighted by molar-refractivity contribution is -0.0719. The van der Waals surface area contributed by atoms with Gasteiger partial charge in [0.15, 0.2) is 6.29 Å². The van der Waals surface area contributed by atoms with Crippen LogP contribution in [0.2, 0.25) is 0 Å². The zero-order chi connectivity index (χ0) is 12.8. The van der Waals surface area contributed by atoms with E-state index in [0.29, 0.717) is 5.56 Å². The van der Waals surface area contributed by atoms with E-state index < -0.39 is 12.3 Å². The van der Waals surface area contributed by atoms with Crippen LogP contribution in [-0.4, -0.2) is 31.6 Å². The fraction of sp³-hybridized carbons (Fsp3) is 0.364. The third-order valence-electron chi connectivity index (χ3n) is 2.27. The summed E-state index contributed by atoms with van der Waals surface area (Å²) in [7, 11) is 2.60. The molecule has 6 heteroatoms. The van der Waals surface area contributed by atoms with Gasteiger partial charge in [0.25, 0.3) is 0 Å². The molecule has 1 atom stereocenters. The van der Waals surface area contributed by atoms with Gasteiger partial charge in [-0.25, -0.2) is 4.79 Å². The van der Waals surface area contributed by atoms with Crippen molar-refractivity contribution < 1.29 is 19.4 Å². The zero-order valence-corrected chi connectivity index (χ0v) is 9.54. The summed E-state index contributed by atoms with van der Waals surface area (Å²) in [5, 5.41) is 12.1. The maximum absolute atomic E-state index is 11.2. The molecular weight excluding hydrogens is 226 g/mol. The summed E-state index contributed by atoms with van der Waals surface area (Å²) in [6.45, 7) is 0. The number of carbonyl (C=O) groups is 1. The van der Waals surface area contributed by atoms with E-state index >= 15 is 0 Å². The number of nitroso groups, excluding NO2 is 1. The standard InChI is InChI=1S/C11H13NO5/c1-16-10(13)6-7-3-4-8(11(14)17-2)5-9(7)12-15/h3-5,10,13H,6H2,1-2H3. The van der Waals surface area contributed by atoms with Crippen molar-refractivity contribution >= 4 is 11.7 Å². The Labute approximate surface area is 98.1 Å². The fourth-order valence-electron chi connectivity index (χ4n) is 1.34. The van der Waals surface area contributed by atoms with Gasteiger partial charge in [0, 0.05) is 13.5 Å². The van der Waals surface area contributed by atoms with Gasteiger partial charge in [-0.3, -0.25) is 0 Å². The number of aliphatic hydroxyl groups is 1. The highest BCUT2D eigenvalue weighted by molar-refractivity contribution is 5.90. The summed E-state index contributed by atoms with van der Waals surface area (Å²) in [5.74, 6) is -0.547. The average Bonchev–Trinajstić information content (AvgIpc) is 2.37. The normalized spacial score (nSPS) is 11.9. The molecule has 0 saturated carbocycles. The van der Waals surface area contributed by atoms with Crippen molar-refractivity contribution in [3.8, 4) is 0 Å². The Bertz CT molecular complexity index is 418. The fourth-order valence-corrected chi connectivity index (χ4v) is 1.34. The number of nitrogens with zero attached hydrogens (tertiary/aromatic N) is 1.